The SMILES string of the molecule is c1ccc(CSc2nc(N3CCOCC3)c3c(Cc4nc5ccccc5s4)[nH]nc3n2)cc1. The summed E-state index contributed by atoms with van der Waals surface area (Å²) >= 11 is 3.36. The zero-order valence-corrected chi connectivity index (χ0v) is 19.5. The molecule has 0 amide bonds. The highest BCUT2D eigenvalue weighted by molar-refractivity contribution is 7.98. The van der Waals surface area contributed by atoms with Gasteiger partial charge in [0.15, 0.2) is 10.8 Å². The summed E-state index contributed by atoms with van der Waals surface area (Å²) in [5, 5.41) is 10.6. The van der Waals surface area contributed by atoms with Crippen molar-refractivity contribution in [2.45, 2.75) is 17.3 Å². The summed E-state index contributed by atoms with van der Waals surface area (Å²) in [6.07, 6.45) is 0.674. The van der Waals surface area contributed by atoms with Crippen molar-refractivity contribution >= 4 is 50.2 Å². The summed E-state index contributed by atoms with van der Waals surface area (Å²) in [6, 6.07) is 18.6. The van der Waals surface area contributed by atoms with Crippen LogP contribution in [0.1, 0.15) is 16.3 Å². The van der Waals surface area contributed by atoms with Crippen LogP contribution in [0.2, 0.25) is 0 Å². The number of hydrogen-bond donors (Lipinski definition) is 1. The van der Waals surface area contributed by atoms with Gasteiger partial charge in [-0.15, -0.1) is 11.3 Å². The maximum absolute atomic E-state index is 5.59. The van der Waals surface area contributed by atoms with Crippen molar-refractivity contribution in [1.29, 1.82) is 0 Å². The topological polar surface area (TPSA) is 79.8 Å². The normalized spacial score (nSPS) is 14.4. The van der Waals surface area contributed by atoms with Crippen molar-refractivity contribution in [3.05, 3.63) is 70.9 Å². The molecule has 3 aromatic heterocycles. The van der Waals surface area contributed by atoms with Crippen LogP contribution in [0.5, 0.6) is 0 Å². The lowest BCUT2D eigenvalue weighted by Crippen LogP contribution is -2.37. The molecule has 2 aromatic carbocycles. The first-order valence-electron chi connectivity index (χ1n) is 10.9. The first kappa shape index (κ1) is 20.6. The molecule has 0 aliphatic carbocycles. The van der Waals surface area contributed by atoms with Crippen molar-refractivity contribution in [3.8, 4) is 0 Å². The summed E-state index contributed by atoms with van der Waals surface area (Å²) in [7, 11) is 0. The van der Waals surface area contributed by atoms with Gasteiger partial charge in [-0.05, 0) is 17.7 Å². The summed E-state index contributed by atoms with van der Waals surface area (Å²) in [5.41, 5.74) is 3.99. The molecule has 4 heterocycles. The Kier molecular flexibility index (Phi) is 5.67. The number of rotatable bonds is 6. The average Bonchev–Trinajstić information content (AvgIpc) is 3.47. The van der Waals surface area contributed by atoms with E-state index in [0.717, 1.165) is 51.4 Å². The van der Waals surface area contributed by atoms with E-state index in [1.807, 2.05) is 12.1 Å². The van der Waals surface area contributed by atoms with Gasteiger partial charge >= 0.3 is 0 Å². The molecular weight excluding hydrogens is 452 g/mol. The maximum Gasteiger partial charge on any atom is 0.192 e. The number of nitrogens with zero attached hydrogens (tertiary/aromatic N) is 5. The molecule has 33 heavy (non-hydrogen) atoms. The minimum Gasteiger partial charge on any atom is -0.378 e. The summed E-state index contributed by atoms with van der Waals surface area (Å²) in [6.45, 7) is 3.01. The highest BCUT2D eigenvalue weighted by Gasteiger charge is 2.22. The zero-order chi connectivity index (χ0) is 22.0. The number of morpholine rings is 1. The third-order valence-electron chi connectivity index (χ3n) is 5.64. The highest BCUT2D eigenvalue weighted by atomic mass is 32.2. The number of anilines is 1. The Hall–Kier alpha value is -3.01. The average molecular weight is 475 g/mol. The third kappa shape index (κ3) is 4.31. The first-order valence-corrected chi connectivity index (χ1v) is 12.7. The second kappa shape index (κ2) is 9.09. The molecule has 0 saturated carbocycles. The lowest BCUT2D eigenvalue weighted by Gasteiger charge is -2.28. The number of aromatic amines is 1. The smallest absolute Gasteiger partial charge is 0.192 e. The molecule has 0 atom stereocenters. The van der Waals surface area contributed by atoms with Crippen LogP contribution in [0.25, 0.3) is 21.3 Å². The minimum absolute atomic E-state index is 0.674. The fraction of sp³-hybridized carbons (Fsp3) is 0.250. The largest absolute Gasteiger partial charge is 0.378 e. The van der Waals surface area contributed by atoms with E-state index >= 15 is 0 Å². The van der Waals surface area contributed by atoms with Gasteiger partial charge in [0.25, 0.3) is 0 Å². The van der Waals surface area contributed by atoms with E-state index in [4.69, 9.17) is 19.7 Å². The van der Waals surface area contributed by atoms with E-state index in [0.29, 0.717) is 25.3 Å². The molecule has 1 aliphatic rings. The summed E-state index contributed by atoms with van der Waals surface area (Å²) < 4.78 is 6.78. The lowest BCUT2D eigenvalue weighted by atomic mass is 10.2. The number of aromatic nitrogens is 5. The molecule has 0 unspecified atom stereocenters. The minimum atomic E-state index is 0.674. The number of para-hydroxylation sites is 1. The van der Waals surface area contributed by atoms with Crippen molar-refractivity contribution < 1.29 is 4.74 Å². The van der Waals surface area contributed by atoms with Crippen LogP contribution in [0.4, 0.5) is 5.82 Å². The number of ether oxygens (including phenoxy) is 1. The summed E-state index contributed by atoms with van der Waals surface area (Å²) in [4.78, 5) is 16.9. The predicted octanol–water partition coefficient (Wildman–Crippen LogP) is 4.68. The second-order valence-electron chi connectivity index (χ2n) is 7.86. The van der Waals surface area contributed by atoms with Crippen molar-refractivity contribution in [3.63, 3.8) is 0 Å². The Morgan fingerprint density at radius 1 is 0.970 bits per heavy atom. The highest BCUT2D eigenvalue weighted by Crippen LogP contribution is 2.32. The number of H-pyrrole nitrogens is 1. The van der Waals surface area contributed by atoms with Crippen molar-refractivity contribution in [1.82, 2.24) is 25.1 Å². The Bertz CT molecular complexity index is 1360. The third-order valence-corrected chi connectivity index (χ3v) is 7.59. The Morgan fingerprint density at radius 2 is 1.79 bits per heavy atom. The molecule has 9 heteroatoms. The van der Waals surface area contributed by atoms with Crippen molar-refractivity contribution in [2.75, 3.05) is 31.2 Å². The van der Waals surface area contributed by atoms with Crippen LogP contribution in [0.3, 0.4) is 0 Å². The van der Waals surface area contributed by atoms with Gasteiger partial charge in [-0.3, -0.25) is 5.10 Å². The van der Waals surface area contributed by atoms with E-state index in [2.05, 4.69) is 57.6 Å². The van der Waals surface area contributed by atoms with Gasteiger partial charge in [-0.1, -0.05) is 54.2 Å². The number of fused-ring (bicyclic) bond motifs is 2. The zero-order valence-electron chi connectivity index (χ0n) is 17.9. The maximum atomic E-state index is 5.59. The van der Waals surface area contributed by atoms with Crippen LogP contribution in [0.15, 0.2) is 59.8 Å². The molecule has 1 saturated heterocycles. The number of benzene rings is 2. The molecule has 166 valence electrons. The molecule has 5 aromatic rings. The fourth-order valence-electron chi connectivity index (χ4n) is 4.01. The number of thioether (sulfide) groups is 1. The molecule has 1 aliphatic heterocycles. The molecule has 0 radical (unpaired) electrons. The Morgan fingerprint density at radius 3 is 2.64 bits per heavy atom. The second-order valence-corrected chi connectivity index (χ2v) is 9.91. The van der Waals surface area contributed by atoms with Crippen LogP contribution in [-0.2, 0) is 16.9 Å². The van der Waals surface area contributed by atoms with Gasteiger partial charge < -0.3 is 9.64 Å². The van der Waals surface area contributed by atoms with E-state index in [1.54, 1.807) is 23.1 Å². The van der Waals surface area contributed by atoms with Crippen LogP contribution in [0, 0.1) is 0 Å². The predicted molar refractivity (Wildman–Crippen MR) is 133 cm³/mol. The van der Waals surface area contributed by atoms with E-state index in [9.17, 15) is 0 Å². The quantitative estimate of drug-likeness (QED) is 0.283. The monoisotopic (exact) mass is 474 g/mol. The number of thiazole rings is 1. The van der Waals surface area contributed by atoms with Crippen LogP contribution >= 0.6 is 23.1 Å². The fourth-order valence-corrected chi connectivity index (χ4v) is 5.78. The lowest BCUT2D eigenvalue weighted by molar-refractivity contribution is 0.122. The molecule has 1 fully saturated rings. The standard InChI is InChI=1S/C24H22N6OS2/c1-2-6-16(7-3-1)15-32-24-26-22-21(23(27-24)30-10-12-31-13-11-30)18(28-29-22)14-20-25-17-8-4-5-9-19(17)33-20/h1-9H,10-15H2,(H,26,27,28,29). The van der Waals surface area contributed by atoms with E-state index < -0.39 is 0 Å². The van der Waals surface area contributed by atoms with Crippen LogP contribution < -0.4 is 4.90 Å². The van der Waals surface area contributed by atoms with Gasteiger partial charge in [0.1, 0.15) is 5.82 Å². The van der Waals surface area contributed by atoms with Gasteiger partial charge in [0.2, 0.25) is 0 Å². The van der Waals surface area contributed by atoms with Gasteiger partial charge in [-0.25, -0.2) is 15.0 Å². The van der Waals surface area contributed by atoms with Gasteiger partial charge in [0.05, 0.1) is 39.5 Å². The molecule has 1 N–H and O–H groups in total. The molecule has 0 spiro atoms. The summed E-state index contributed by atoms with van der Waals surface area (Å²) in [5.74, 6) is 1.75. The molecule has 0 bridgehead atoms. The molecule has 7 nitrogen and oxygen atoms in total. The first-order chi connectivity index (χ1) is 16.3. The van der Waals surface area contributed by atoms with Crippen LogP contribution in [-0.4, -0.2) is 51.5 Å². The van der Waals surface area contributed by atoms with E-state index in [-0.39, 0.29) is 0 Å². The Balaban J connectivity index is 1.36. The number of hydrogen-bond acceptors (Lipinski definition) is 8. The molecule has 6 rings (SSSR count). The molecular formula is C24H22N6OS2. The number of nitrogens with one attached hydrogen (secondary N) is 1. The Labute approximate surface area is 199 Å². The van der Waals surface area contributed by atoms with Gasteiger partial charge in [0, 0.05) is 25.3 Å². The van der Waals surface area contributed by atoms with Crippen molar-refractivity contribution in [2.24, 2.45) is 0 Å². The van der Waals surface area contributed by atoms with Gasteiger partial charge in [-0.2, -0.15) is 5.10 Å². The van der Waals surface area contributed by atoms with E-state index in [1.165, 1.54) is 10.3 Å².